The average Bonchev–Trinajstić information content (AvgIpc) is 2.39. The Bertz CT molecular complexity index is 309. The van der Waals surface area contributed by atoms with E-state index in [0.29, 0.717) is 5.92 Å². The number of hydrogen-bond donors (Lipinski definition) is 1. The van der Waals surface area contributed by atoms with Crippen LogP contribution in [-0.2, 0) is 6.42 Å². The van der Waals surface area contributed by atoms with E-state index in [1.54, 1.807) is 0 Å². The zero-order valence-electron chi connectivity index (χ0n) is 10.5. The maximum Gasteiger partial charge on any atom is -0.00461 e. The molecule has 1 unspecified atom stereocenters. The molecule has 1 aliphatic heterocycles. The van der Waals surface area contributed by atoms with E-state index in [0.717, 1.165) is 12.3 Å². The summed E-state index contributed by atoms with van der Waals surface area (Å²) in [5, 5.41) is 3.44. The highest BCUT2D eigenvalue weighted by atomic mass is 14.9. The molecular formula is C15H23N. The first-order chi connectivity index (χ1) is 7.81. The van der Waals surface area contributed by atoms with E-state index in [2.05, 4.69) is 43.4 Å². The molecule has 0 saturated carbocycles. The quantitative estimate of drug-likeness (QED) is 0.818. The molecule has 0 bridgehead atoms. The second kappa shape index (κ2) is 5.49. The lowest BCUT2D eigenvalue weighted by Gasteiger charge is -2.28. The van der Waals surface area contributed by atoms with E-state index in [-0.39, 0.29) is 0 Å². The van der Waals surface area contributed by atoms with Gasteiger partial charge in [0.05, 0.1) is 0 Å². The second-order valence-corrected chi connectivity index (χ2v) is 4.97. The van der Waals surface area contributed by atoms with E-state index >= 15 is 0 Å². The molecule has 0 amide bonds. The molecule has 1 aromatic carbocycles. The molecule has 88 valence electrons. The number of rotatable bonds is 3. The smallest absolute Gasteiger partial charge is 0.00461 e. The first-order valence-corrected chi connectivity index (χ1v) is 6.60. The molecular weight excluding hydrogens is 194 g/mol. The summed E-state index contributed by atoms with van der Waals surface area (Å²) in [4.78, 5) is 0. The third-order valence-corrected chi connectivity index (χ3v) is 4.00. The first kappa shape index (κ1) is 11.7. The number of hydrogen-bond acceptors (Lipinski definition) is 1. The van der Waals surface area contributed by atoms with Crippen LogP contribution >= 0.6 is 0 Å². The Kier molecular flexibility index (Phi) is 4.00. The fraction of sp³-hybridized carbons (Fsp3) is 0.600. The van der Waals surface area contributed by atoms with Gasteiger partial charge in [0.1, 0.15) is 0 Å². The van der Waals surface area contributed by atoms with Crippen LogP contribution in [0.25, 0.3) is 0 Å². The summed E-state index contributed by atoms with van der Waals surface area (Å²) in [5.41, 5.74) is 2.96. The molecule has 0 spiro atoms. The van der Waals surface area contributed by atoms with Crippen molar-refractivity contribution < 1.29 is 0 Å². The molecule has 1 N–H and O–H groups in total. The lowest BCUT2D eigenvalue weighted by Crippen LogP contribution is -2.30. The molecule has 1 saturated heterocycles. The van der Waals surface area contributed by atoms with Crippen molar-refractivity contribution in [1.82, 2.24) is 5.32 Å². The van der Waals surface area contributed by atoms with Crippen LogP contribution in [0.5, 0.6) is 0 Å². The van der Waals surface area contributed by atoms with Gasteiger partial charge in [-0.05, 0) is 55.3 Å². The van der Waals surface area contributed by atoms with Crippen LogP contribution in [0.4, 0.5) is 0 Å². The highest BCUT2D eigenvalue weighted by Crippen LogP contribution is 2.30. The van der Waals surface area contributed by atoms with Crippen LogP contribution in [0.15, 0.2) is 24.3 Å². The predicted molar refractivity (Wildman–Crippen MR) is 69.8 cm³/mol. The molecule has 2 rings (SSSR count). The Labute approximate surface area is 99.3 Å². The number of nitrogens with one attached hydrogen (secondary N) is 1. The Morgan fingerprint density at radius 3 is 2.38 bits per heavy atom. The Morgan fingerprint density at radius 2 is 1.81 bits per heavy atom. The molecule has 1 heterocycles. The molecule has 1 atom stereocenters. The van der Waals surface area contributed by atoms with Crippen molar-refractivity contribution in [3.63, 3.8) is 0 Å². The van der Waals surface area contributed by atoms with E-state index in [9.17, 15) is 0 Å². The van der Waals surface area contributed by atoms with Gasteiger partial charge in [-0.25, -0.2) is 0 Å². The lowest BCUT2D eigenvalue weighted by atomic mass is 9.81. The van der Waals surface area contributed by atoms with Gasteiger partial charge < -0.3 is 5.32 Å². The van der Waals surface area contributed by atoms with Gasteiger partial charge in [-0.2, -0.15) is 0 Å². The molecule has 0 aliphatic carbocycles. The summed E-state index contributed by atoms with van der Waals surface area (Å²) in [6.45, 7) is 6.99. The van der Waals surface area contributed by atoms with Gasteiger partial charge in [0.25, 0.3) is 0 Å². The Hall–Kier alpha value is -0.820. The number of aryl methyl sites for hydroxylation is 1. The maximum absolute atomic E-state index is 3.44. The van der Waals surface area contributed by atoms with Gasteiger partial charge >= 0.3 is 0 Å². The van der Waals surface area contributed by atoms with E-state index in [1.807, 2.05) is 0 Å². The van der Waals surface area contributed by atoms with Gasteiger partial charge in [-0.1, -0.05) is 38.1 Å². The van der Waals surface area contributed by atoms with Crippen LogP contribution in [0, 0.1) is 5.92 Å². The summed E-state index contributed by atoms with van der Waals surface area (Å²) in [6, 6.07) is 9.22. The fourth-order valence-electron chi connectivity index (χ4n) is 2.67. The topological polar surface area (TPSA) is 12.0 Å². The summed E-state index contributed by atoms with van der Waals surface area (Å²) in [7, 11) is 0. The van der Waals surface area contributed by atoms with Crippen molar-refractivity contribution in [1.29, 1.82) is 0 Å². The van der Waals surface area contributed by atoms with Gasteiger partial charge in [-0.3, -0.25) is 0 Å². The normalized spacial score (nSPS) is 19.6. The molecule has 1 fully saturated rings. The van der Waals surface area contributed by atoms with Gasteiger partial charge in [-0.15, -0.1) is 0 Å². The van der Waals surface area contributed by atoms with Crippen LogP contribution in [0.2, 0.25) is 0 Å². The minimum absolute atomic E-state index is 0.716. The lowest BCUT2D eigenvalue weighted by molar-refractivity contribution is 0.330. The van der Waals surface area contributed by atoms with Crippen molar-refractivity contribution in [3.05, 3.63) is 35.4 Å². The molecule has 1 nitrogen and oxygen atoms in total. The van der Waals surface area contributed by atoms with Gasteiger partial charge in [0.15, 0.2) is 0 Å². The third-order valence-electron chi connectivity index (χ3n) is 4.00. The van der Waals surface area contributed by atoms with Crippen molar-refractivity contribution in [3.8, 4) is 0 Å². The summed E-state index contributed by atoms with van der Waals surface area (Å²) < 4.78 is 0. The van der Waals surface area contributed by atoms with Crippen molar-refractivity contribution in [2.75, 3.05) is 13.1 Å². The fourth-order valence-corrected chi connectivity index (χ4v) is 2.67. The van der Waals surface area contributed by atoms with Crippen LogP contribution in [-0.4, -0.2) is 13.1 Å². The number of piperidine rings is 1. The maximum atomic E-state index is 3.44. The summed E-state index contributed by atoms with van der Waals surface area (Å²) in [6.07, 6.45) is 3.80. The predicted octanol–water partition coefficient (Wildman–Crippen LogP) is 3.35. The Balaban J connectivity index is 2.04. The zero-order chi connectivity index (χ0) is 11.4. The van der Waals surface area contributed by atoms with Crippen molar-refractivity contribution in [2.45, 2.75) is 39.0 Å². The minimum Gasteiger partial charge on any atom is -0.317 e. The molecule has 0 radical (unpaired) electrons. The van der Waals surface area contributed by atoms with Gasteiger partial charge in [0, 0.05) is 0 Å². The summed E-state index contributed by atoms with van der Waals surface area (Å²) >= 11 is 0. The van der Waals surface area contributed by atoms with Gasteiger partial charge in [0.2, 0.25) is 0 Å². The zero-order valence-corrected chi connectivity index (χ0v) is 10.5. The standard InChI is InChI=1S/C15H23N/c1-3-13-4-6-14(7-5-13)12(2)15-8-10-16-11-9-15/h4-7,12,15-16H,3,8-11H2,1-2H3. The molecule has 1 aliphatic rings. The van der Waals surface area contributed by atoms with E-state index < -0.39 is 0 Å². The Morgan fingerprint density at radius 1 is 1.19 bits per heavy atom. The average molecular weight is 217 g/mol. The molecule has 16 heavy (non-hydrogen) atoms. The highest BCUT2D eigenvalue weighted by molar-refractivity contribution is 5.25. The van der Waals surface area contributed by atoms with Crippen LogP contribution < -0.4 is 5.32 Å². The van der Waals surface area contributed by atoms with Crippen molar-refractivity contribution >= 4 is 0 Å². The third kappa shape index (κ3) is 2.65. The van der Waals surface area contributed by atoms with Crippen LogP contribution in [0.1, 0.15) is 43.7 Å². The summed E-state index contributed by atoms with van der Waals surface area (Å²) in [5.74, 6) is 1.58. The van der Waals surface area contributed by atoms with E-state index in [4.69, 9.17) is 0 Å². The molecule has 1 aromatic rings. The van der Waals surface area contributed by atoms with Crippen LogP contribution in [0.3, 0.4) is 0 Å². The SMILES string of the molecule is CCc1ccc(C(C)C2CCNCC2)cc1. The number of benzene rings is 1. The highest BCUT2D eigenvalue weighted by Gasteiger charge is 2.20. The van der Waals surface area contributed by atoms with E-state index in [1.165, 1.54) is 37.1 Å². The largest absolute Gasteiger partial charge is 0.317 e. The monoisotopic (exact) mass is 217 g/mol. The minimum atomic E-state index is 0.716. The molecule has 0 aromatic heterocycles. The van der Waals surface area contributed by atoms with Crippen molar-refractivity contribution in [2.24, 2.45) is 5.92 Å². The first-order valence-electron chi connectivity index (χ1n) is 6.60. The second-order valence-electron chi connectivity index (χ2n) is 4.97. The molecule has 1 heteroatoms.